The molecular formula is C18H21N3O2S. The van der Waals surface area contributed by atoms with Crippen LogP contribution in [-0.4, -0.2) is 27.5 Å². The number of aryl methyl sites for hydroxylation is 1. The van der Waals surface area contributed by atoms with Gasteiger partial charge in [0.25, 0.3) is 0 Å². The van der Waals surface area contributed by atoms with E-state index in [2.05, 4.69) is 22.5 Å². The highest BCUT2D eigenvalue weighted by molar-refractivity contribution is 8.00. The minimum Gasteiger partial charge on any atom is -0.490 e. The zero-order valence-electron chi connectivity index (χ0n) is 13.7. The first-order valence-corrected chi connectivity index (χ1v) is 9.45. The molecule has 5 nitrogen and oxygen atoms in total. The van der Waals surface area contributed by atoms with E-state index >= 15 is 0 Å². The van der Waals surface area contributed by atoms with E-state index in [-0.39, 0.29) is 11.2 Å². The van der Waals surface area contributed by atoms with E-state index in [1.807, 2.05) is 25.4 Å². The molecule has 1 unspecified atom stereocenters. The highest BCUT2D eigenvalue weighted by atomic mass is 32.2. The first kappa shape index (κ1) is 15.6. The Morgan fingerprint density at radius 1 is 1.33 bits per heavy atom. The number of amides is 1. The molecule has 0 bridgehead atoms. The van der Waals surface area contributed by atoms with Gasteiger partial charge in [0.05, 0.1) is 23.3 Å². The van der Waals surface area contributed by atoms with E-state index in [0.29, 0.717) is 11.9 Å². The normalized spacial score (nSPS) is 21.2. The molecule has 24 heavy (non-hydrogen) atoms. The monoisotopic (exact) mass is 343 g/mol. The summed E-state index contributed by atoms with van der Waals surface area (Å²) in [5.74, 6) is 2.17. The molecule has 0 spiro atoms. The molecular weight excluding hydrogens is 322 g/mol. The van der Waals surface area contributed by atoms with Crippen LogP contribution in [-0.2, 0) is 11.8 Å². The number of aromatic nitrogens is 2. The van der Waals surface area contributed by atoms with Crippen molar-refractivity contribution in [2.45, 2.75) is 37.0 Å². The predicted octanol–water partition coefficient (Wildman–Crippen LogP) is 3.52. The fourth-order valence-electron chi connectivity index (χ4n) is 3.44. The SMILES string of the molecule is Cn1ncc2c1NC(=O)CSC2c1cccc(OC2CCCC2)c1. The van der Waals surface area contributed by atoms with E-state index in [1.54, 1.807) is 16.4 Å². The lowest BCUT2D eigenvalue weighted by Gasteiger charge is -2.17. The molecule has 2 aliphatic rings. The van der Waals surface area contributed by atoms with Crippen molar-refractivity contribution in [3.8, 4) is 5.75 Å². The highest BCUT2D eigenvalue weighted by Gasteiger charge is 2.27. The van der Waals surface area contributed by atoms with Gasteiger partial charge < -0.3 is 10.1 Å². The molecule has 4 rings (SSSR count). The van der Waals surface area contributed by atoms with E-state index in [9.17, 15) is 4.79 Å². The van der Waals surface area contributed by atoms with Gasteiger partial charge in [0.1, 0.15) is 11.6 Å². The molecule has 1 amide bonds. The summed E-state index contributed by atoms with van der Waals surface area (Å²) in [6, 6.07) is 8.28. The number of fused-ring (bicyclic) bond motifs is 1. The van der Waals surface area contributed by atoms with Gasteiger partial charge in [0.15, 0.2) is 0 Å². The van der Waals surface area contributed by atoms with E-state index in [4.69, 9.17) is 4.74 Å². The van der Waals surface area contributed by atoms with Gasteiger partial charge in [0, 0.05) is 12.6 Å². The summed E-state index contributed by atoms with van der Waals surface area (Å²) in [6.45, 7) is 0. The number of hydrogen-bond donors (Lipinski definition) is 1. The molecule has 1 aromatic heterocycles. The topological polar surface area (TPSA) is 56.2 Å². The molecule has 1 aliphatic heterocycles. The van der Waals surface area contributed by atoms with Gasteiger partial charge in [-0.1, -0.05) is 12.1 Å². The highest BCUT2D eigenvalue weighted by Crippen LogP contribution is 2.42. The van der Waals surface area contributed by atoms with Gasteiger partial charge in [-0.25, -0.2) is 0 Å². The Morgan fingerprint density at radius 3 is 3.00 bits per heavy atom. The van der Waals surface area contributed by atoms with Crippen LogP contribution in [0.3, 0.4) is 0 Å². The number of carbonyl (C=O) groups excluding carboxylic acids is 1. The Hall–Kier alpha value is -1.95. The van der Waals surface area contributed by atoms with E-state index in [0.717, 1.165) is 35.5 Å². The second kappa shape index (κ2) is 6.51. The van der Waals surface area contributed by atoms with Gasteiger partial charge in [-0.15, -0.1) is 11.8 Å². The van der Waals surface area contributed by atoms with Crippen LogP contribution in [0, 0.1) is 0 Å². The van der Waals surface area contributed by atoms with Crippen LogP contribution in [0.1, 0.15) is 42.1 Å². The summed E-state index contributed by atoms with van der Waals surface area (Å²) >= 11 is 1.63. The minimum absolute atomic E-state index is 0.0192. The number of nitrogens with zero attached hydrogens (tertiary/aromatic N) is 2. The lowest BCUT2D eigenvalue weighted by Crippen LogP contribution is -2.15. The zero-order chi connectivity index (χ0) is 16.5. The first-order valence-electron chi connectivity index (χ1n) is 8.40. The molecule has 1 N–H and O–H groups in total. The van der Waals surface area contributed by atoms with Crippen LogP contribution in [0.15, 0.2) is 30.5 Å². The van der Waals surface area contributed by atoms with Gasteiger partial charge in [-0.2, -0.15) is 5.10 Å². The Bertz CT molecular complexity index is 752. The molecule has 1 aromatic carbocycles. The summed E-state index contributed by atoms with van der Waals surface area (Å²) in [6.07, 6.45) is 7.01. The van der Waals surface area contributed by atoms with Gasteiger partial charge in [-0.3, -0.25) is 9.48 Å². The van der Waals surface area contributed by atoms with Crippen LogP contribution in [0.2, 0.25) is 0 Å². The fraction of sp³-hybridized carbons (Fsp3) is 0.444. The Labute approximate surface area is 145 Å². The van der Waals surface area contributed by atoms with Crippen molar-refractivity contribution >= 4 is 23.5 Å². The molecule has 0 radical (unpaired) electrons. The quantitative estimate of drug-likeness (QED) is 0.926. The van der Waals surface area contributed by atoms with Crippen molar-refractivity contribution in [2.75, 3.05) is 11.1 Å². The summed E-state index contributed by atoms with van der Waals surface area (Å²) < 4.78 is 7.87. The lowest BCUT2D eigenvalue weighted by atomic mass is 10.1. The molecule has 126 valence electrons. The predicted molar refractivity (Wildman–Crippen MR) is 95.5 cm³/mol. The average Bonchev–Trinajstić information content (AvgIpc) is 3.16. The molecule has 2 aromatic rings. The Kier molecular flexibility index (Phi) is 4.22. The van der Waals surface area contributed by atoms with Crippen molar-refractivity contribution in [1.82, 2.24) is 9.78 Å². The van der Waals surface area contributed by atoms with Crippen molar-refractivity contribution in [3.63, 3.8) is 0 Å². The maximum Gasteiger partial charge on any atom is 0.235 e. The second-order valence-electron chi connectivity index (χ2n) is 6.41. The Morgan fingerprint density at radius 2 is 2.17 bits per heavy atom. The third-order valence-corrected chi connectivity index (χ3v) is 5.94. The van der Waals surface area contributed by atoms with Crippen molar-refractivity contribution < 1.29 is 9.53 Å². The van der Waals surface area contributed by atoms with Gasteiger partial charge >= 0.3 is 0 Å². The lowest BCUT2D eigenvalue weighted by molar-refractivity contribution is -0.113. The third-order valence-electron chi connectivity index (χ3n) is 4.65. The van der Waals surface area contributed by atoms with E-state index in [1.165, 1.54) is 12.8 Å². The Balaban J connectivity index is 1.64. The molecule has 1 aliphatic carbocycles. The largest absolute Gasteiger partial charge is 0.490 e. The van der Waals surface area contributed by atoms with Crippen LogP contribution >= 0.6 is 11.8 Å². The number of hydrogen-bond acceptors (Lipinski definition) is 4. The summed E-state index contributed by atoms with van der Waals surface area (Å²) in [5, 5.41) is 7.35. The third kappa shape index (κ3) is 3.02. The van der Waals surface area contributed by atoms with Crippen molar-refractivity contribution in [2.24, 2.45) is 7.05 Å². The number of ether oxygens (including phenoxy) is 1. The van der Waals surface area contributed by atoms with Crippen LogP contribution in [0.4, 0.5) is 5.82 Å². The minimum atomic E-state index is 0.0192. The second-order valence-corrected chi connectivity index (χ2v) is 7.50. The molecule has 6 heteroatoms. The number of nitrogens with one attached hydrogen (secondary N) is 1. The van der Waals surface area contributed by atoms with Gasteiger partial charge in [-0.05, 0) is 43.4 Å². The number of benzene rings is 1. The molecule has 1 saturated carbocycles. The maximum atomic E-state index is 12.0. The standard InChI is InChI=1S/C18H21N3O2S/c1-21-18-15(10-19-21)17(24-11-16(22)20-18)12-5-4-8-14(9-12)23-13-6-2-3-7-13/h4-5,8-10,13,17H,2-3,6-7,11H2,1H3,(H,20,22). The van der Waals surface area contributed by atoms with Crippen LogP contribution in [0.25, 0.3) is 0 Å². The molecule has 1 fully saturated rings. The van der Waals surface area contributed by atoms with Crippen LogP contribution < -0.4 is 10.1 Å². The van der Waals surface area contributed by atoms with Crippen molar-refractivity contribution in [3.05, 3.63) is 41.6 Å². The molecule has 0 saturated heterocycles. The number of thioether (sulfide) groups is 1. The van der Waals surface area contributed by atoms with Crippen molar-refractivity contribution in [1.29, 1.82) is 0 Å². The molecule has 1 atom stereocenters. The van der Waals surface area contributed by atoms with Crippen LogP contribution in [0.5, 0.6) is 5.75 Å². The maximum absolute atomic E-state index is 12.0. The molecule has 2 heterocycles. The average molecular weight is 343 g/mol. The summed E-state index contributed by atoms with van der Waals surface area (Å²) in [7, 11) is 1.85. The smallest absolute Gasteiger partial charge is 0.235 e. The number of carbonyl (C=O) groups is 1. The zero-order valence-corrected chi connectivity index (χ0v) is 14.5. The number of anilines is 1. The van der Waals surface area contributed by atoms with E-state index < -0.39 is 0 Å². The summed E-state index contributed by atoms with van der Waals surface area (Å²) in [5.41, 5.74) is 2.20. The summed E-state index contributed by atoms with van der Waals surface area (Å²) in [4.78, 5) is 12.0. The number of rotatable bonds is 3. The fourth-order valence-corrected chi connectivity index (χ4v) is 4.52. The first-order chi connectivity index (χ1) is 11.7. The van der Waals surface area contributed by atoms with Gasteiger partial charge in [0.2, 0.25) is 5.91 Å².